The van der Waals surface area contributed by atoms with Crippen LogP contribution in [0.1, 0.15) is 40.5 Å². The van der Waals surface area contributed by atoms with Crippen molar-refractivity contribution in [2.75, 3.05) is 26.1 Å². The van der Waals surface area contributed by atoms with Crippen LogP contribution in [0.5, 0.6) is 11.5 Å². The average molecular weight is 657 g/mol. The molecule has 0 amide bonds. The molecule has 3 heterocycles. The van der Waals surface area contributed by atoms with Crippen LogP contribution in [0.15, 0.2) is 116 Å². The van der Waals surface area contributed by atoms with Crippen LogP contribution in [-0.2, 0) is 21.6 Å². The van der Waals surface area contributed by atoms with Crippen molar-refractivity contribution in [1.82, 2.24) is 19.5 Å². The third kappa shape index (κ3) is 6.46. The van der Waals surface area contributed by atoms with E-state index >= 15 is 0 Å². The number of nitrogens with one attached hydrogen (secondary N) is 1. The first-order valence-corrected chi connectivity index (χ1v) is 16.1. The van der Waals surface area contributed by atoms with Gasteiger partial charge in [-0.25, -0.2) is 15.0 Å². The molecule has 0 unspecified atom stereocenters. The summed E-state index contributed by atoms with van der Waals surface area (Å²) < 4.78 is 26.3. The predicted molar refractivity (Wildman–Crippen MR) is 186 cm³/mol. The molecule has 6 aromatic rings. The summed E-state index contributed by atoms with van der Waals surface area (Å²) >= 11 is 0. The van der Waals surface area contributed by atoms with Crippen molar-refractivity contribution < 1.29 is 24.1 Å². The van der Waals surface area contributed by atoms with Gasteiger partial charge >= 0.3 is 0 Å². The molecule has 1 aliphatic heterocycles. The van der Waals surface area contributed by atoms with Gasteiger partial charge in [-0.3, -0.25) is 4.57 Å². The Morgan fingerprint density at radius 2 is 1.53 bits per heavy atom. The van der Waals surface area contributed by atoms with E-state index in [-0.39, 0.29) is 6.61 Å². The molecule has 249 valence electrons. The maximum atomic E-state index is 11.3. The quantitative estimate of drug-likeness (QED) is 0.147. The molecule has 2 aromatic heterocycles. The summed E-state index contributed by atoms with van der Waals surface area (Å²) in [5.74, 6) is 2.09. The highest BCUT2D eigenvalue weighted by Crippen LogP contribution is 2.43. The maximum absolute atomic E-state index is 11.3. The first-order valence-electron chi connectivity index (χ1n) is 16.1. The second-order valence-corrected chi connectivity index (χ2v) is 12.0. The van der Waals surface area contributed by atoms with Gasteiger partial charge in [0.05, 0.1) is 33.3 Å². The van der Waals surface area contributed by atoms with Crippen LogP contribution in [0.3, 0.4) is 0 Å². The summed E-state index contributed by atoms with van der Waals surface area (Å²) in [5.41, 5.74) is 4.93. The van der Waals surface area contributed by atoms with E-state index in [0.717, 1.165) is 39.3 Å². The van der Waals surface area contributed by atoms with E-state index in [2.05, 4.69) is 27.2 Å². The number of rotatable bonds is 12. The molecule has 0 spiro atoms. The SMILES string of the molecule is [CH2]c1cccc(CNc2ncnc3c2ncn3[C@H]2C[C@H](O)[C@@H](COC(c3ccccc3)(c3ccc(OC)cc3)c3ccc(OC)cc3)O2)c1. The zero-order valence-electron chi connectivity index (χ0n) is 27.4. The average Bonchev–Trinajstić information content (AvgIpc) is 3.75. The molecule has 1 aliphatic rings. The molecule has 0 aliphatic carbocycles. The zero-order chi connectivity index (χ0) is 33.8. The molecule has 1 fully saturated rings. The molecule has 1 saturated heterocycles. The lowest BCUT2D eigenvalue weighted by Crippen LogP contribution is -2.38. The van der Waals surface area contributed by atoms with Crippen molar-refractivity contribution in [2.45, 2.75) is 37.0 Å². The van der Waals surface area contributed by atoms with E-state index in [1.54, 1.807) is 20.5 Å². The fourth-order valence-corrected chi connectivity index (χ4v) is 6.43. The lowest BCUT2D eigenvalue weighted by Gasteiger charge is -2.37. The Kier molecular flexibility index (Phi) is 9.26. The number of hydrogen-bond acceptors (Lipinski definition) is 9. The molecule has 10 nitrogen and oxygen atoms in total. The van der Waals surface area contributed by atoms with Gasteiger partial charge in [0.25, 0.3) is 0 Å². The van der Waals surface area contributed by atoms with Gasteiger partial charge in [-0.05, 0) is 59.0 Å². The Morgan fingerprint density at radius 3 is 2.18 bits per heavy atom. The number of benzene rings is 4. The summed E-state index contributed by atoms with van der Waals surface area (Å²) in [7, 11) is 3.29. The summed E-state index contributed by atoms with van der Waals surface area (Å²) in [6.45, 7) is 4.67. The number of ether oxygens (including phenoxy) is 4. The van der Waals surface area contributed by atoms with E-state index in [1.807, 2.05) is 108 Å². The van der Waals surface area contributed by atoms with Gasteiger partial charge in [0.15, 0.2) is 17.0 Å². The molecular weight excluding hydrogens is 618 g/mol. The van der Waals surface area contributed by atoms with E-state index in [0.29, 0.717) is 29.9 Å². The number of hydrogen-bond donors (Lipinski definition) is 2. The van der Waals surface area contributed by atoms with Crippen molar-refractivity contribution in [1.29, 1.82) is 0 Å². The highest BCUT2D eigenvalue weighted by molar-refractivity contribution is 5.82. The topological polar surface area (TPSA) is 113 Å². The lowest BCUT2D eigenvalue weighted by atomic mass is 9.80. The van der Waals surface area contributed by atoms with Gasteiger partial charge in [0, 0.05) is 13.0 Å². The van der Waals surface area contributed by atoms with Crippen LogP contribution in [0.4, 0.5) is 5.82 Å². The molecule has 10 heteroatoms. The number of aromatic nitrogens is 4. The van der Waals surface area contributed by atoms with Crippen molar-refractivity contribution in [3.8, 4) is 11.5 Å². The first-order chi connectivity index (χ1) is 24.0. The van der Waals surface area contributed by atoms with E-state index in [1.165, 1.54) is 6.33 Å². The molecule has 2 N–H and O–H groups in total. The lowest BCUT2D eigenvalue weighted by molar-refractivity contribution is -0.0931. The van der Waals surface area contributed by atoms with Crippen LogP contribution in [0, 0.1) is 6.92 Å². The third-order valence-electron chi connectivity index (χ3n) is 8.96. The molecule has 7 rings (SSSR count). The first kappa shape index (κ1) is 32.3. The second-order valence-electron chi connectivity index (χ2n) is 12.0. The molecule has 4 aromatic carbocycles. The summed E-state index contributed by atoms with van der Waals surface area (Å²) in [6.07, 6.45) is 1.60. The maximum Gasteiger partial charge on any atom is 0.167 e. The number of aliphatic hydroxyl groups excluding tert-OH is 1. The summed E-state index contributed by atoms with van der Waals surface area (Å²) in [6, 6.07) is 33.7. The normalized spacial score (nSPS) is 17.7. The standard InChI is InChI=1S/C39H38N5O5/c1-26-8-7-9-27(20-26)22-40-37-36-38(42-24-41-37)44(25-43-36)35-21-33(45)34(49-35)23-48-39(28-10-5-4-6-11-28,29-12-16-31(46-2)17-13-29)30-14-18-32(47-3)19-15-30/h4-20,24-25,33-35,45H,1,21-23H2,2-3H3,(H,40,41,42)/t33-,34+,35+/m0/s1. The van der Waals surface area contributed by atoms with Gasteiger partial charge in [-0.2, -0.15) is 0 Å². The number of aliphatic hydroxyl groups is 1. The van der Waals surface area contributed by atoms with Crippen LogP contribution < -0.4 is 14.8 Å². The molecule has 0 bridgehead atoms. The molecule has 49 heavy (non-hydrogen) atoms. The molecule has 1 radical (unpaired) electrons. The van der Waals surface area contributed by atoms with Crippen LogP contribution >= 0.6 is 0 Å². The third-order valence-corrected chi connectivity index (χ3v) is 8.96. The van der Waals surface area contributed by atoms with Gasteiger partial charge in [-0.1, -0.05) is 78.9 Å². The van der Waals surface area contributed by atoms with Crippen LogP contribution in [-0.4, -0.2) is 57.7 Å². The predicted octanol–water partition coefficient (Wildman–Crippen LogP) is 6.29. The highest BCUT2D eigenvalue weighted by Gasteiger charge is 2.42. The van der Waals surface area contributed by atoms with Gasteiger partial charge in [0.2, 0.25) is 0 Å². The number of fused-ring (bicyclic) bond motifs is 1. The van der Waals surface area contributed by atoms with Gasteiger partial charge in [0.1, 0.15) is 35.8 Å². The van der Waals surface area contributed by atoms with Crippen molar-refractivity contribution >= 4 is 17.0 Å². The Bertz CT molecular complexity index is 1950. The second kappa shape index (κ2) is 14.1. The summed E-state index contributed by atoms with van der Waals surface area (Å²) in [4.78, 5) is 13.6. The van der Waals surface area contributed by atoms with Crippen molar-refractivity contribution in [3.63, 3.8) is 0 Å². The van der Waals surface area contributed by atoms with Gasteiger partial charge < -0.3 is 29.4 Å². The fraction of sp³-hybridized carbons (Fsp3) is 0.231. The van der Waals surface area contributed by atoms with E-state index < -0.39 is 24.0 Å². The minimum Gasteiger partial charge on any atom is -0.497 e. The number of anilines is 1. The molecule has 3 atom stereocenters. The van der Waals surface area contributed by atoms with Crippen LogP contribution in [0.2, 0.25) is 0 Å². The van der Waals surface area contributed by atoms with Crippen molar-refractivity contribution in [3.05, 3.63) is 151 Å². The smallest absolute Gasteiger partial charge is 0.167 e. The summed E-state index contributed by atoms with van der Waals surface area (Å²) in [5, 5.41) is 14.7. The number of imidazole rings is 1. The number of methoxy groups -OCH3 is 2. The Balaban J connectivity index is 1.16. The minimum atomic E-state index is -1.04. The monoisotopic (exact) mass is 656 g/mol. The fourth-order valence-electron chi connectivity index (χ4n) is 6.43. The largest absolute Gasteiger partial charge is 0.497 e. The van der Waals surface area contributed by atoms with Gasteiger partial charge in [-0.15, -0.1) is 0 Å². The Labute approximate surface area is 285 Å². The molecular formula is C39H38N5O5. The van der Waals surface area contributed by atoms with E-state index in [4.69, 9.17) is 18.9 Å². The van der Waals surface area contributed by atoms with Crippen LogP contribution in [0.25, 0.3) is 11.2 Å². The minimum absolute atomic E-state index is 0.102. The molecule has 0 saturated carbocycles. The zero-order valence-corrected chi connectivity index (χ0v) is 27.4. The Hall–Kier alpha value is -5.29. The van der Waals surface area contributed by atoms with E-state index in [9.17, 15) is 5.11 Å². The highest BCUT2D eigenvalue weighted by atomic mass is 16.6. The Morgan fingerprint density at radius 1 is 0.857 bits per heavy atom. The number of nitrogens with zero attached hydrogens (tertiary/aromatic N) is 4. The van der Waals surface area contributed by atoms with Crippen molar-refractivity contribution in [2.24, 2.45) is 0 Å².